The molecule has 100 valence electrons. The van der Waals surface area contributed by atoms with Crippen LogP contribution in [0.4, 0.5) is 11.6 Å². The summed E-state index contributed by atoms with van der Waals surface area (Å²) in [4.78, 5) is 17.5. The van der Waals surface area contributed by atoms with Gasteiger partial charge in [0.1, 0.15) is 17.7 Å². The van der Waals surface area contributed by atoms with Crippen molar-refractivity contribution < 1.29 is 4.79 Å². The van der Waals surface area contributed by atoms with Crippen LogP contribution in [0, 0.1) is 0 Å². The lowest BCUT2D eigenvalue weighted by molar-refractivity contribution is -0.130. The van der Waals surface area contributed by atoms with Crippen LogP contribution < -0.4 is 11.1 Å². The summed E-state index contributed by atoms with van der Waals surface area (Å²) in [7, 11) is 1.73. The van der Waals surface area contributed by atoms with E-state index in [4.69, 9.17) is 28.9 Å². The molecule has 18 heavy (non-hydrogen) atoms. The van der Waals surface area contributed by atoms with Crippen molar-refractivity contribution >= 4 is 40.7 Å². The molecule has 0 saturated carbocycles. The average Bonchev–Trinajstić information content (AvgIpc) is 2.33. The van der Waals surface area contributed by atoms with Gasteiger partial charge in [0.25, 0.3) is 0 Å². The zero-order valence-corrected chi connectivity index (χ0v) is 12.0. The SMILES string of the molecule is CCN(C)C(=O)C(C)Nc1nc(N)c(Cl)cc1Cl. The van der Waals surface area contributed by atoms with Crippen LogP contribution in [-0.2, 0) is 4.79 Å². The highest BCUT2D eigenvalue weighted by Gasteiger charge is 2.18. The van der Waals surface area contributed by atoms with E-state index in [1.807, 2.05) is 6.92 Å². The summed E-state index contributed by atoms with van der Waals surface area (Å²) < 4.78 is 0. The maximum absolute atomic E-state index is 11.9. The van der Waals surface area contributed by atoms with Gasteiger partial charge in [-0.2, -0.15) is 0 Å². The Morgan fingerprint density at radius 2 is 2.17 bits per heavy atom. The van der Waals surface area contributed by atoms with Gasteiger partial charge in [-0.3, -0.25) is 4.79 Å². The predicted octanol–water partition coefficient (Wildman–Crippen LogP) is 2.25. The summed E-state index contributed by atoms with van der Waals surface area (Å²) in [5.74, 6) is 0.472. The number of anilines is 2. The van der Waals surface area contributed by atoms with Crippen LogP contribution in [0.2, 0.25) is 10.0 Å². The van der Waals surface area contributed by atoms with E-state index >= 15 is 0 Å². The molecular formula is C11H16Cl2N4O. The van der Waals surface area contributed by atoms with Crippen LogP contribution in [0.5, 0.6) is 0 Å². The number of nitrogens with zero attached hydrogens (tertiary/aromatic N) is 2. The minimum absolute atomic E-state index is 0.0520. The summed E-state index contributed by atoms with van der Waals surface area (Å²) >= 11 is 11.8. The maximum atomic E-state index is 11.9. The molecule has 1 aromatic heterocycles. The van der Waals surface area contributed by atoms with Crippen LogP contribution in [-0.4, -0.2) is 35.4 Å². The number of hydrogen-bond donors (Lipinski definition) is 2. The number of aromatic nitrogens is 1. The predicted molar refractivity (Wildman–Crippen MR) is 75.1 cm³/mol. The number of likely N-dealkylation sites (N-methyl/N-ethyl adjacent to an activating group) is 1. The van der Waals surface area contributed by atoms with Crippen molar-refractivity contribution in [3.63, 3.8) is 0 Å². The lowest BCUT2D eigenvalue weighted by Gasteiger charge is -2.21. The molecule has 0 radical (unpaired) electrons. The number of carbonyl (C=O) groups is 1. The molecular weight excluding hydrogens is 275 g/mol. The standard InChI is InChI=1S/C11H16Cl2N4O/c1-4-17(3)11(18)6(2)15-10-8(13)5-7(12)9(14)16-10/h5-6H,4H2,1-3H3,(H3,14,15,16). The maximum Gasteiger partial charge on any atom is 0.244 e. The van der Waals surface area contributed by atoms with E-state index in [1.165, 1.54) is 6.07 Å². The molecule has 0 aromatic carbocycles. The highest BCUT2D eigenvalue weighted by atomic mass is 35.5. The van der Waals surface area contributed by atoms with Gasteiger partial charge in [-0.15, -0.1) is 0 Å². The number of halogens is 2. The number of carbonyl (C=O) groups excluding carboxylic acids is 1. The molecule has 0 saturated heterocycles. The second kappa shape index (κ2) is 6.11. The van der Waals surface area contributed by atoms with Crippen molar-refractivity contribution in [2.24, 2.45) is 0 Å². The quantitative estimate of drug-likeness (QED) is 0.892. The summed E-state index contributed by atoms with van der Waals surface area (Å²) in [5, 5.41) is 3.53. The molecule has 1 amide bonds. The molecule has 1 aromatic rings. The smallest absolute Gasteiger partial charge is 0.244 e. The third-order valence-corrected chi connectivity index (χ3v) is 3.12. The van der Waals surface area contributed by atoms with Crippen LogP contribution in [0.1, 0.15) is 13.8 Å². The fourth-order valence-corrected chi connectivity index (χ4v) is 1.75. The van der Waals surface area contributed by atoms with Crippen LogP contribution in [0.3, 0.4) is 0 Å². The van der Waals surface area contributed by atoms with E-state index < -0.39 is 6.04 Å². The number of amides is 1. The van der Waals surface area contributed by atoms with Gasteiger partial charge in [0.15, 0.2) is 0 Å². The molecule has 7 heteroatoms. The average molecular weight is 291 g/mol. The van der Waals surface area contributed by atoms with Gasteiger partial charge < -0.3 is 16.0 Å². The first-order valence-electron chi connectivity index (χ1n) is 5.49. The van der Waals surface area contributed by atoms with Gasteiger partial charge in [0.2, 0.25) is 5.91 Å². The lowest BCUT2D eigenvalue weighted by Crippen LogP contribution is -2.39. The Morgan fingerprint density at radius 3 is 2.72 bits per heavy atom. The van der Waals surface area contributed by atoms with E-state index in [-0.39, 0.29) is 16.7 Å². The molecule has 0 aliphatic carbocycles. The van der Waals surface area contributed by atoms with E-state index in [0.717, 1.165) is 0 Å². The van der Waals surface area contributed by atoms with Crippen LogP contribution >= 0.6 is 23.2 Å². The van der Waals surface area contributed by atoms with Gasteiger partial charge in [0, 0.05) is 13.6 Å². The van der Waals surface area contributed by atoms with E-state index in [9.17, 15) is 4.79 Å². The minimum atomic E-state index is -0.444. The number of nitrogen functional groups attached to an aromatic ring is 1. The lowest BCUT2D eigenvalue weighted by atomic mass is 10.3. The van der Waals surface area contributed by atoms with Gasteiger partial charge >= 0.3 is 0 Å². The van der Waals surface area contributed by atoms with E-state index in [2.05, 4.69) is 10.3 Å². The fraction of sp³-hybridized carbons (Fsp3) is 0.455. The minimum Gasteiger partial charge on any atom is -0.382 e. The van der Waals surface area contributed by atoms with Crippen molar-refractivity contribution in [2.75, 3.05) is 24.6 Å². The first-order chi connectivity index (χ1) is 8.36. The highest BCUT2D eigenvalue weighted by molar-refractivity contribution is 6.37. The van der Waals surface area contributed by atoms with Gasteiger partial charge in [0.05, 0.1) is 10.0 Å². The first kappa shape index (κ1) is 14.9. The zero-order chi connectivity index (χ0) is 13.9. The molecule has 0 aliphatic rings. The number of nitrogens with two attached hydrogens (primary N) is 1. The number of pyridine rings is 1. The van der Waals surface area contributed by atoms with Crippen molar-refractivity contribution in [2.45, 2.75) is 19.9 Å². The number of hydrogen-bond acceptors (Lipinski definition) is 4. The van der Waals surface area contributed by atoms with Crippen molar-refractivity contribution in [1.29, 1.82) is 0 Å². The third kappa shape index (κ3) is 3.40. The number of rotatable bonds is 4. The van der Waals surface area contributed by atoms with Crippen molar-refractivity contribution in [3.05, 3.63) is 16.1 Å². The Hall–Kier alpha value is -1.20. The summed E-state index contributed by atoms with van der Waals surface area (Å²) in [6, 6.07) is 1.05. The molecule has 0 fully saturated rings. The summed E-state index contributed by atoms with van der Waals surface area (Å²) in [5.41, 5.74) is 5.59. The largest absolute Gasteiger partial charge is 0.382 e. The molecule has 1 rings (SSSR count). The van der Waals surface area contributed by atoms with Crippen LogP contribution in [0.25, 0.3) is 0 Å². The molecule has 0 spiro atoms. The van der Waals surface area contributed by atoms with E-state index in [1.54, 1.807) is 18.9 Å². The Balaban J connectivity index is 2.85. The molecule has 0 bridgehead atoms. The molecule has 1 unspecified atom stereocenters. The number of nitrogens with one attached hydrogen (secondary N) is 1. The van der Waals surface area contributed by atoms with Gasteiger partial charge in [-0.1, -0.05) is 23.2 Å². The summed E-state index contributed by atoms with van der Waals surface area (Å²) in [6.45, 7) is 4.27. The molecule has 0 aliphatic heterocycles. The van der Waals surface area contributed by atoms with Gasteiger partial charge in [-0.25, -0.2) is 4.98 Å². The molecule has 3 N–H and O–H groups in total. The zero-order valence-electron chi connectivity index (χ0n) is 10.5. The Kier molecular flexibility index (Phi) is 5.04. The summed E-state index contributed by atoms with van der Waals surface area (Å²) in [6.07, 6.45) is 0. The van der Waals surface area contributed by atoms with E-state index in [0.29, 0.717) is 17.4 Å². The second-order valence-corrected chi connectivity index (χ2v) is 4.72. The second-order valence-electron chi connectivity index (χ2n) is 3.90. The Morgan fingerprint density at radius 1 is 1.56 bits per heavy atom. The van der Waals surface area contributed by atoms with Crippen LogP contribution in [0.15, 0.2) is 6.07 Å². The Labute approximate surface area is 116 Å². The van der Waals surface area contributed by atoms with Crippen molar-refractivity contribution in [3.8, 4) is 0 Å². The topological polar surface area (TPSA) is 71.2 Å². The monoisotopic (exact) mass is 290 g/mol. The van der Waals surface area contributed by atoms with Crippen molar-refractivity contribution in [1.82, 2.24) is 9.88 Å². The molecule has 1 atom stereocenters. The molecule has 1 heterocycles. The Bertz CT molecular complexity index is 453. The first-order valence-corrected chi connectivity index (χ1v) is 6.25. The fourth-order valence-electron chi connectivity index (χ4n) is 1.34. The third-order valence-electron chi connectivity index (χ3n) is 2.53. The molecule has 5 nitrogen and oxygen atoms in total. The normalized spacial score (nSPS) is 12.1. The highest BCUT2D eigenvalue weighted by Crippen LogP contribution is 2.27. The van der Waals surface area contributed by atoms with Gasteiger partial charge in [-0.05, 0) is 19.9 Å².